The number of benzene rings is 3. The third kappa shape index (κ3) is 5.85. The monoisotopic (exact) mass is 461 g/mol. The van der Waals surface area contributed by atoms with Gasteiger partial charge in [-0.05, 0) is 58.7 Å². The maximum absolute atomic E-state index is 4.76. The summed E-state index contributed by atoms with van der Waals surface area (Å²) in [6.07, 6.45) is 9.06. The van der Waals surface area contributed by atoms with Crippen LogP contribution in [-0.2, 0) is 12.2 Å². The highest BCUT2D eigenvalue weighted by Crippen LogP contribution is 2.24. The van der Waals surface area contributed by atoms with Crippen LogP contribution in [0.4, 0.5) is 0 Å². The van der Waals surface area contributed by atoms with E-state index in [0.29, 0.717) is 5.82 Å². The predicted molar refractivity (Wildman–Crippen MR) is 140 cm³/mol. The van der Waals surface area contributed by atoms with Gasteiger partial charge in [0, 0.05) is 16.0 Å². The zero-order valence-electron chi connectivity index (χ0n) is 18.5. The van der Waals surface area contributed by atoms with Crippen LogP contribution in [0.25, 0.3) is 29.1 Å². The SMILES string of the molecule is C(=C\c1ccc(SCc2ccc3ccccc3n2)cc1)/Cc1cccc(/C=C/c2nn[nH]n2)c1. The van der Waals surface area contributed by atoms with Crippen LogP contribution >= 0.6 is 11.8 Å². The molecule has 0 aliphatic heterocycles. The van der Waals surface area contributed by atoms with Crippen molar-refractivity contribution in [3.63, 3.8) is 0 Å². The first kappa shape index (κ1) is 21.8. The van der Waals surface area contributed by atoms with Crippen molar-refractivity contribution < 1.29 is 0 Å². The number of H-pyrrole nitrogens is 1. The van der Waals surface area contributed by atoms with Crippen LogP contribution in [0.1, 0.15) is 28.2 Å². The van der Waals surface area contributed by atoms with E-state index >= 15 is 0 Å². The third-order valence-electron chi connectivity index (χ3n) is 5.32. The first-order valence-corrected chi connectivity index (χ1v) is 12.0. The number of para-hydroxylation sites is 1. The predicted octanol–water partition coefficient (Wildman–Crippen LogP) is 6.47. The van der Waals surface area contributed by atoms with E-state index in [-0.39, 0.29) is 0 Å². The van der Waals surface area contributed by atoms with Gasteiger partial charge in [0.25, 0.3) is 0 Å². The number of thioether (sulfide) groups is 1. The summed E-state index contributed by atoms with van der Waals surface area (Å²) in [6, 6.07) is 29.6. The summed E-state index contributed by atoms with van der Waals surface area (Å²) in [5, 5.41) is 15.1. The molecule has 0 spiro atoms. The fourth-order valence-corrected chi connectivity index (χ4v) is 4.39. The van der Waals surface area contributed by atoms with Gasteiger partial charge in [0.05, 0.1) is 11.2 Å². The van der Waals surface area contributed by atoms with Crippen LogP contribution in [0, 0.1) is 0 Å². The van der Waals surface area contributed by atoms with Gasteiger partial charge in [-0.3, -0.25) is 4.98 Å². The van der Waals surface area contributed by atoms with E-state index in [0.717, 1.165) is 28.9 Å². The molecule has 6 heteroatoms. The Labute approximate surface area is 202 Å². The fraction of sp³-hybridized carbons (Fsp3) is 0.0714. The first-order chi connectivity index (χ1) is 16.8. The van der Waals surface area contributed by atoms with Gasteiger partial charge in [0.15, 0.2) is 5.82 Å². The molecule has 0 fully saturated rings. The first-order valence-electron chi connectivity index (χ1n) is 11.1. The largest absolute Gasteiger partial charge is 0.252 e. The molecular formula is C28H23N5S. The highest BCUT2D eigenvalue weighted by molar-refractivity contribution is 7.98. The number of allylic oxidation sites excluding steroid dienone is 1. The minimum atomic E-state index is 0.570. The molecule has 2 heterocycles. The smallest absolute Gasteiger partial charge is 0.197 e. The standard InChI is InChI=1S/C28H23N5S/c1-2-10-27-24(9-1)14-15-25(29-27)20-34-26-16-11-21(12-17-26)5-3-6-22-7-4-8-23(19-22)13-18-28-30-32-33-31-28/h1-5,7-19H,6,20H2,(H,30,31,32,33)/b5-3+,18-13+. The van der Waals surface area contributed by atoms with Gasteiger partial charge in [-0.1, -0.05) is 78.9 Å². The van der Waals surface area contributed by atoms with Crippen LogP contribution < -0.4 is 0 Å². The number of tetrazole rings is 1. The number of hydrogen-bond donors (Lipinski definition) is 1. The number of nitrogens with zero attached hydrogens (tertiary/aromatic N) is 4. The molecule has 166 valence electrons. The number of aromatic nitrogens is 5. The zero-order chi connectivity index (χ0) is 23.0. The van der Waals surface area contributed by atoms with E-state index in [4.69, 9.17) is 4.98 Å². The normalized spacial score (nSPS) is 11.6. The van der Waals surface area contributed by atoms with Crippen molar-refractivity contribution in [1.82, 2.24) is 25.6 Å². The van der Waals surface area contributed by atoms with E-state index in [1.165, 1.54) is 21.4 Å². The number of nitrogens with one attached hydrogen (secondary N) is 1. The lowest BCUT2D eigenvalue weighted by Gasteiger charge is -2.04. The molecular weight excluding hydrogens is 438 g/mol. The van der Waals surface area contributed by atoms with Crippen molar-refractivity contribution in [1.29, 1.82) is 0 Å². The Bertz CT molecular complexity index is 1420. The molecule has 34 heavy (non-hydrogen) atoms. The average Bonchev–Trinajstić information content (AvgIpc) is 3.41. The van der Waals surface area contributed by atoms with Crippen molar-refractivity contribution >= 4 is 40.9 Å². The second kappa shape index (κ2) is 10.7. The number of pyridine rings is 1. The molecule has 0 saturated carbocycles. The van der Waals surface area contributed by atoms with Crippen LogP contribution in [0.15, 0.2) is 95.9 Å². The zero-order valence-corrected chi connectivity index (χ0v) is 19.3. The Morgan fingerprint density at radius 3 is 2.59 bits per heavy atom. The summed E-state index contributed by atoms with van der Waals surface area (Å²) in [5.74, 6) is 1.43. The lowest BCUT2D eigenvalue weighted by molar-refractivity contribution is 0.881. The van der Waals surface area contributed by atoms with Gasteiger partial charge in [-0.2, -0.15) is 5.21 Å². The summed E-state index contributed by atoms with van der Waals surface area (Å²) in [5.41, 5.74) is 5.71. The molecule has 5 aromatic rings. The van der Waals surface area contributed by atoms with Crippen molar-refractivity contribution in [2.45, 2.75) is 17.1 Å². The van der Waals surface area contributed by atoms with Gasteiger partial charge in [-0.15, -0.1) is 22.0 Å². The van der Waals surface area contributed by atoms with E-state index in [1.807, 2.05) is 36.0 Å². The molecule has 0 saturated heterocycles. The number of aromatic amines is 1. The van der Waals surface area contributed by atoms with Crippen molar-refractivity contribution in [3.05, 3.63) is 119 Å². The van der Waals surface area contributed by atoms with Crippen LogP contribution in [0.3, 0.4) is 0 Å². The average molecular weight is 462 g/mol. The number of hydrogen-bond acceptors (Lipinski definition) is 5. The maximum Gasteiger partial charge on any atom is 0.197 e. The summed E-state index contributed by atoms with van der Waals surface area (Å²) < 4.78 is 0. The van der Waals surface area contributed by atoms with Crippen molar-refractivity contribution in [2.24, 2.45) is 0 Å². The van der Waals surface area contributed by atoms with Gasteiger partial charge in [0.2, 0.25) is 0 Å². The maximum atomic E-state index is 4.76. The molecule has 5 rings (SSSR count). The molecule has 0 aliphatic rings. The molecule has 0 unspecified atom stereocenters. The molecule has 0 atom stereocenters. The van der Waals surface area contributed by atoms with Crippen LogP contribution in [0.2, 0.25) is 0 Å². The summed E-state index contributed by atoms with van der Waals surface area (Å²) >= 11 is 1.81. The Morgan fingerprint density at radius 2 is 1.71 bits per heavy atom. The van der Waals surface area contributed by atoms with Gasteiger partial charge < -0.3 is 0 Å². The van der Waals surface area contributed by atoms with Crippen LogP contribution in [0.5, 0.6) is 0 Å². The number of rotatable bonds is 8. The van der Waals surface area contributed by atoms with E-state index < -0.39 is 0 Å². The lowest BCUT2D eigenvalue weighted by Crippen LogP contribution is -1.87. The minimum Gasteiger partial charge on any atom is -0.252 e. The Morgan fingerprint density at radius 1 is 0.794 bits per heavy atom. The fourth-order valence-electron chi connectivity index (χ4n) is 3.59. The summed E-state index contributed by atoms with van der Waals surface area (Å²) in [7, 11) is 0. The topological polar surface area (TPSA) is 67.3 Å². The molecule has 5 nitrogen and oxygen atoms in total. The highest BCUT2D eigenvalue weighted by atomic mass is 32.2. The van der Waals surface area contributed by atoms with Crippen LogP contribution in [-0.4, -0.2) is 25.6 Å². The Hall–Kier alpha value is -4.03. The van der Waals surface area contributed by atoms with E-state index in [1.54, 1.807) is 0 Å². The summed E-state index contributed by atoms with van der Waals surface area (Å²) in [6.45, 7) is 0. The Balaban J connectivity index is 1.15. The van der Waals surface area contributed by atoms with Gasteiger partial charge in [0.1, 0.15) is 0 Å². The Kier molecular flexibility index (Phi) is 6.88. The number of fused-ring (bicyclic) bond motifs is 1. The van der Waals surface area contributed by atoms with E-state index in [9.17, 15) is 0 Å². The molecule has 0 aliphatic carbocycles. The second-order valence-electron chi connectivity index (χ2n) is 7.81. The molecule has 2 aromatic heterocycles. The molecule has 1 N–H and O–H groups in total. The summed E-state index contributed by atoms with van der Waals surface area (Å²) in [4.78, 5) is 6.00. The van der Waals surface area contributed by atoms with Crippen molar-refractivity contribution in [3.8, 4) is 0 Å². The molecule has 0 bridgehead atoms. The van der Waals surface area contributed by atoms with Gasteiger partial charge in [-0.25, -0.2) is 0 Å². The minimum absolute atomic E-state index is 0.570. The molecule has 0 amide bonds. The van der Waals surface area contributed by atoms with Gasteiger partial charge >= 0.3 is 0 Å². The molecule has 0 radical (unpaired) electrons. The van der Waals surface area contributed by atoms with E-state index in [2.05, 4.69) is 106 Å². The lowest BCUT2D eigenvalue weighted by atomic mass is 10.1. The second-order valence-corrected chi connectivity index (χ2v) is 8.86. The quantitative estimate of drug-likeness (QED) is 0.268. The highest BCUT2D eigenvalue weighted by Gasteiger charge is 2.01. The molecule has 3 aromatic carbocycles. The third-order valence-corrected chi connectivity index (χ3v) is 6.37. The van der Waals surface area contributed by atoms with Crippen molar-refractivity contribution in [2.75, 3.05) is 0 Å².